The molecular weight excluding hydrogens is 345 g/mol. The van der Waals surface area contributed by atoms with Crippen molar-refractivity contribution in [1.82, 2.24) is 9.71 Å². The quantitative estimate of drug-likeness (QED) is 0.732. The smallest absolute Gasteiger partial charge is 0.243 e. The van der Waals surface area contributed by atoms with Crippen molar-refractivity contribution in [3.8, 4) is 0 Å². The SMILES string of the molecule is O=C(CNS(=O)(=O)c1cccc2cccnc12)Nc1ccccc1F. The van der Waals surface area contributed by atoms with Crippen LogP contribution in [0.4, 0.5) is 10.1 Å². The van der Waals surface area contributed by atoms with Crippen molar-refractivity contribution in [2.45, 2.75) is 4.90 Å². The number of hydrogen-bond donors (Lipinski definition) is 2. The van der Waals surface area contributed by atoms with Crippen molar-refractivity contribution >= 4 is 32.5 Å². The number of carbonyl (C=O) groups excluding carboxylic acids is 1. The zero-order valence-corrected chi connectivity index (χ0v) is 13.8. The molecule has 0 atom stereocenters. The second kappa shape index (κ2) is 6.96. The summed E-state index contributed by atoms with van der Waals surface area (Å²) in [6.07, 6.45) is 1.49. The van der Waals surface area contributed by atoms with Crippen LogP contribution in [0.25, 0.3) is 10.9 Å². The molecule has 6 nitrogen and oxygen atoms in total. The van der Waals surface area contributed by atoms with Crippen molar-refractivity contribution in [3.63, 3.8) is 0 Å². The number of hydrogen-bond acceptors (Lipinski definition) is 4. The summed E-state index contributed by atoms with van der Waals surface area (Å²) >= 11 is 0. The molecule has 0 aliphatic rings. The van der Waals surface area contributed by atoms with Crippen molar-refractivity contribution in [2.24, 2.45) is 0 Å². The molecule has 3 aromatic rings. The maximum absolute atomic E-state index is 13.5. The van der Waals surface area contributed by atoms with Gasteiger partial charge in [-0.3, -0.25) is 9.78 Å². The van der Waals surface area contributed by atoms with Gasteiger partial charge in [-0.25, -0.2) is 17.5 Å². The fourth-order valence-corrected chi connectivity index (χ4v) is 3.45. The van der Waals surface area contributed by atoms with E-state index in [2.05, 4.69) is 15.0 Å². The van der Waals surface area contributed by atoms with Crippen LogP contribution in [0.3, 0.4) is 0 Å². The molecule has 3 rings (SSSR count). The third-order valence-corrected chi connectivity index (χ3v) is 4.89. The van der Waals surface area contributed by atoms with Crippen molar-refractivity contribution < 1.29 is 17.6 Å². The molecule has 0 saturated carbocycles. The molecule has 0 bridgehead atoms. The summed E-state index contributed by atoms with van der Waals surface area (Å²) < 4.78 is 40.6. The standard InChI is InChI=1S/C17H14FN3O3S/c18-13-7-1-2-8-14(13)21-16(22)11-20-25(23,24)15-9-3-5-12-6-4-10-19-17(12)15/h1-10,20H,11H2,(H,21,22). The van der Waals surface area contributed by atoms with Gasteiger partial charge in [-0.2, -0.15) is 0 Å². The van der Waals surface area contributed by atoms with Gasteiger partial charge >= 0.3 is 0 Å². The molecule has 0 radical (unpaired) electrons. The van der Waals surface area contributed by atoms with Gasteiger partial charge in [-0.05, 0) is 24.3 Å². The largest absolute Gasteiger partial charge is 0.322 e. The summed E-state index contributed by atoms with van der Waals surface area (Å²) in [7, 11) is -3.95. The van der Waals surface area contributed by atoms with E-state index >= 15 is 0 Å². The van der Waals surface area contributed by atoms with Crippen LogP contribution in [0.1, 0.15) is 0 Å². The average molecular weight is 359 g/mol. The van der Waals surface area contributed by atoms with Crippen molar-refractivity contribution in [2.75, 3.05) is 11.9 Å². The topological polar surface area (TPSA) is 88.2 Å². The van der Waals surface area contributed by atoms with Gasteiger partial charge in [0.2, 0.25) is 15.9 Å². The molecule has 0 saturated heterocycles. The molecule has 0 aliphatic heterocycles. The molecule has 8 heteroatoms. The monoisotopic (exact) mass is 359 g/mol. The first-order valence-corrected chi connectivity index (χ1v) is 8.83. The minimum atomic E-state index is -3.95. The lowest BCUT2D eigenvalue weighted by Gasteiger charge is -2.10. The Morgan fingerprint density at radius 3 is 2.60 bits per heavy atom. The Balaban J connectivity index is 1.75. The van der Waals surface area contributed by atoms with Crippen LogP contribution in [0.2, 0.25) is 0 Å². The number of aromatic nitrogens is 1. The number of nitrogens with zero attached hydrogens (tertiary/aromatic N) is 1. The Morgan fingerprint density at radius 2 is 1.80 bits per heavy atom. The lowest BCUT2D eigenvalue weighted by Crippen LogP contribution is -2.33. The van der Waals surface area contributed by atoms with E-state index in [0.29, 0.717) is 10.9 Å². The van der Waals surface area contributed by atoms with Gasteiger partial charge < -0.3 is 5.32 Å². The molecule has 25 heavy (non-hydrogen) atoms. The highest BCUT2D eigenvalue weighted by atomic mass is 32.2. The molecule has 0 fully saturated rings. The van der Waals surface area contributed by atoms with Gasteiger partial charge in [0.25, 0.3) is 0 Å². The number of carbonyl (C=O) groups is 1. The molecule has 0 spiro atoms. The number of anilines is 1. The average Bonchev–Trinajstić information content (AvgIpc) is 2.61. The number of halogens is 1. The van der Waals surface area contributed by atoms with Gasteiger partial charge in [-0.15, -0.1) is 0 Å². The van der Waals surface area contributed by atoms with Crippen LogP contribution in [0, 0.1) is 5.82 Å². The van der Waals surface area contributed by atoms with Gasteiger partial charge in [0, 0.05) is 11.6 Å². The number of rotatable bonds is 5. The zero-order chi connectivity index (χ0) is 17.9. The second-order valence-corrected chi connectivity index (χ2v) is 6.92. The zero-order valence-electron chi connectivity index (χ0n) is 12.9. The van der Waals surface area contributed by atoms with Gasteiger partial charge in [0.15, 0.2) is 0 Å². The van der Waals surface area contributed by atoms with E-state index in [-0.39, 0.29) is 10.6 Å². The molecule has 1 heterocycles. The minimum absolute atomic E-state index is 0.0153. The number of nitrogens with one attached hydrogen (secondary N) is 2. The minimum Gasteiger partial charge on any atom is -0.322 e. The molecule has 0 aliphatic carbocycles. The number of amides is 1. The predicted octanol–water partition coefficient (Wildman–Crippen LogP) is 2.29. The Hall–Kier alpha value is -2.84. The predicted molar refractivity (Wildman–Crippen MR) is 92.0 cm³/mol. The van der Waals surface area contributed by atoms with Crippen LogP contribution >= 0.6 is 0 Å². The van der Waals surface area contributed by atoms with Crippen LogP contribution < -0.4 is 10.0 Å². The van der Waals surface area contributed by atoms with E-state index < -0.39 is 28.3 Å². The summed E-state index contributed by atoms with van der Waals surface area (Å²) in [6, 6.07) is 13.8. The molecule has 128 valence electrons. The Labute approximate surface area is 143 Å². The van der Waals surface area contributed by atoms with E-state index in [1.54, 1.807) is 30.3 Å². The van der Waals surface area contributed by atoms with Crippen molar-refractivity contribution in [3.05, 3.63) is 66.6 Å². The third-order valence-electron chi connectivity index (χ3n) is 3.46. The molecular formula is C17H14FN3O3S. The summed E-state index contributed by atoms with van der Waals surface area (Å²) in [5, 5.41) is 2.98. The summed E-state index contributed by atoms with van der Waals surface area (Å²) in [6.45, 7) is -0.528. The number of benzene rings is 2. The highest BCUT2D eigenvalue weighted by Gasteiger charge is 2.19. The van der Waals surface area contributed by atoms with E-state index in [9.17, 15) is 17.6 Å². The molecule has 0 unspecified atom stereocenters. The first-order chi connectivity index (χ1) is 12.0. The Morgan fingerprint density at radius 1 is 1.04 bits per heavy atom. The van der Waals surface area contributed by atoms with E-state index in [4.69, 9.17) is 0 Å². The van der Waals surface area contributed by atoms with Gasteiger partial charge in [0.05, 0.1) is 17.7 Å². The number of para-hydroxylation sites is 2. The first-order valence-electron chi connectivity index (χ1n) is 7.35. The molecule has 2 aromatic carbocycles. The summed E-state index contributed by atoms with van der Waals surface area (Å²) in [4.78, 5) is 15.9. The maximum Gasteiger partial charge on any atom is 0.243 e. The summed E-state index contributed by atoms with van der Waals surface area (Å²) in [5.74, 6) is -1.28. The van der Waals surface area contributed by atoms with E-state index in [1.165, 1.54) is 30.5 Å². The Kier molecular flexibility index (Phi) is 4.73. The van der Waals surface area contributed by atoms with Crippen LogP contribution in [0.5, 0.6) is 0 Å². The number of pyridine rings is 1. The van der Waals surface area contributed by atoms with Crippen LogP contribution in [0.15, 0.2) is 65.7 Å². The third kappa shape index (κ3) is 3.81. The lowest BCUT2D eigenvalue weighted by atomic mass is 10.2. The molecule has 1 aromatic heterocycles. The summed E-state index contributed by atoms with van der Waals surface area (Å²) in [5.41, 5.74) is 0.297. The first kappa shape index (κ1) is 17.0. The normalized spacial score (nSPS) is 11.4. The highest BCUT2D eigenvalue weighted by Crippen LogP contribution is 2.20. The number of fused-ring (bicyclic) bond motifs is 1. The highest BCUT2D eigenvalue weighted by molar-refractivity contribution is 7.89. The Bertz CT molecular complexity index is 1030. The van der Waals surface area contributed by atoms with Gasteiger partial charge in [0.1, 0.15) is 10.7 Å². The lowest BCUT2D eigenvalue weighted by molar-refractivity contribution is -0.115. The van der Waals surface area contributed by atoms with Gasteiger partial charge in [-0.1, -0.05) is 30.3 Å². The molecule has 2 N–H and O–H groups in total. The maximum atomic E-state index is 13.5. The van der Waals surface area contributed by atoms with E-state index in [1.807, 2.05) is 0 Å². The molecule has 1 amide bonds. The number of sulfonamides is 1. The van der Waals surface area contributed by atoms with Crippen LogP contribution in [-0.4, -0.2) is 25.9 Å². The fourth-order valence-electron chi connectivity index (χ4n) is 2.29. The fraction of sp³-hybridized carbons (Fsp3) is 0.0588. The van der Waals surface area contributed by atoms with E-state index in [0.717, 1.165) is 0 Å². The second-order valence-electron chi connectivity index (χ2n) is 5.18. The van der Waals surface area contributed by atoms with Crippen molar-refractivity contribution in [1.29, 1.82) is 0 Å². The van der Waals surface area contributed by atoms with Crippen LogP contribution in [-0.2, 0) is 14.8 Å².